The lowest BCUT2D eigenvalue weighted by Crippen LogP contribution is -1.99. The Balaban J connectivity index is 1.75. The van der Waals surface area contributed by atoms with E-state index in [-0.39, 0.29) is 6.42 Å². The van der Waals surface area contributed by atoms with Gasteiger partial charge in [-0.05, 0) is 31.6 Å². The van der Waals surface area contributed by atoms with Crippen molar-refractivity contribution in [3.8, 4) is 0 Å². The molecule has 0 spiro atoms. The molecule has 1 N–H and O–H groups in total. The zero-order valence-electron chi connectivity index (χ0n) is 8.59. The molecule has 5 nitrogen and oxygen atoms in total. The Bertz CT molecular complexity index is 344. The highest BCUT2D eigenvalue weighted by atomic mass is 16.4. The summed E-state index contributed by atoms with van der Waals surface area (Å²) < 4.78 is 1.87. The molecule has 1 fully saturated rings. The first-order valence-corrected chi connectivity index (χ1v) is 5.35. The highest BCUT2D eigenvalue weighted by Gasteiger charge is 2.22. The van der Waals surface area contributed by atoms with Gasteiger partial charge in [-0.2, -0.15) is 0 Å². The third-order valence-corrected chi connectivity index (χ3v) is 2.55. The van der Waals surface area contributed by atoms with Crippen LogP contribution in [-0.4, -0.2) is 26.1 Å². The average Bonchev–Trinajstić information content (AvgIpc) is 2.86. The minimum absolute atomic E-state index is 0.204. The summed E-state index contributed by atoms with van der Waals surface area (Å²) in [6.45, 7) is 0.964. The largest absolute Gasteiger partial charge is 0.481 e. The van der Waals surface area contributed by atoms with Gasteiger partial charge in [-0.3, -0.25) is 9.48 Å². The molecule has 5 heteroatoms. The first-order chi connectivity index (χ1) is 7.24. The predicted molar refractivity (Wildman–Crippen MR) is 53.3 cm³/mol. The van der Waals surface area contributed by atoms with Crippen LogP contribution in [0.15, 0.2) is 6.20 Å². The van der Waals surface area contributed by atoms with Crippen LogP contribution in [0, 0.1) is 5.92 Å². The molecule has 1 aromatic rings. The van der Waals surface area contributed by atoms with Crippen molar-refractivity contribution in [2.24, 2.45) is 5.92 Å². The van der Waals surface area contributed by atoms with E-state index in [2.05, 4.69) is 10.3 Å². The Labute approximate surface area is 88.1 Å². The minimum atomic E-state index is -0.750. The van der Waals surface area contributed by atoms with Gasteiger partial charge in [0.25, 0.3) is 0 Å². The maximum absolute atomic E-state index is 10.3. The lowest BCUT2D eigenvalue weighted by Gasteiger charge is -1.95. The van der Waals surface area contributed by atoms with Crippen LogP contribution in [0.25, 0.3) is 0 Å². The highest BCUT2D eigenvalue weighted by molar-refractivity contribution is 5.66. The van der Waals surface area contributed by atoms with Gasteiger partial charge in [0.2, 0.25) is 0 Å². The van der Waals surface area contributed by atoms with E-state index in [1.54, 1.807) is 0 Å². The Morgan fingerprint density at radius 2 is 2.40 bits per heavy atom. The molecule has 1 aliphatic rings. The Hall–Kier alpha value is -1.39. The van der Waals surface area contributed by atoms with Gasteiger partial charge >= 0.3 is 5.97 Å². The fourth-order valence-corrected chi connectivity index (χ4v) is 1.53. The van der Waals surface area contributed by atoms with Crippen molar-refractivity contribution in [2.45, 2.75) is 38.6 Å². The van der Waals surface area contributed by atoms with Gasteiger partial charge in [-0.1, -0.05) is 5.21 Å². The van der Waals surface area contributed by atoms with E-state index in [4.69, 9.17) is 5.11 Å². The lowest BCUT2D eigenvalue weighted by atomic mass is 10.2. The number of hydrogen-bond acceptors (Lipinski definition) is 3. The van der Waals surface area contributed by atoms with E-state index < -0.39 is 5.97 Å². The third-order valence-electron chi connectivity index (χ3n) is 2.55. The molecule has 0 saturated heterocycles. The molecular formula is C10H15N3O2. The molecule has 0 aliphatic heterocycles. The van der Waals surface area contributed by atoms with Crippen molar-refractivity contribution in [3.05, 3.63) is 11.9 Å². The summed E-state index contributed by atoms with van der Waals surface area (Å²) in [6.07, 6.45) is 6.08. The SMILES string of the molecule is O=C(O)CCCc1cn(CC2CC2)nn1. The molecule has 0 atom stereocenters. The van der Waals surface area contributed by atoms with E-state index in [0.29, 0.717) is 12.8 Å². The van der Waals surface area contributed by atoms with E-state index in [1.807, 2.05) is 10.9 Å². The maximum atomic E-state index is 10.3. The molecule has 15 heavy (non-hydrogen) atoms. The van der Waals surface area contributed by atoms with Gasteiger partial charge in [0.15, 0.2) is 0 Å². The second-order valence-corrected chi connectivity index (χ2v) is 4.12. The second-order valence-electron chi connectivity index (χ2n) is 4.12. The number of aromatic nitrogens is 3. The number of aliphatic carboxylic acids is 1. The van der Waals surface area contributed by atoms with Crippen molar-refractivity contribution in [3.63, 3.8) is 0 Å². The van der Waals surface area contributed by atoms with Gasteiger partial charge in [-0.25, -0.2) is 0 Å². The molecule has 2 rings (SSSR count). The van der Waals surface area contributed by atoms with Gasteiger partial charge in [0.05, 0.1) is 5.69 Å². The molecule has 1 saturated carbocycles. The molecule has 0 radical (unpaired) electrons. The molecule has 0 bridgehead atoms. The lowest BCUT2D eigenvalue weighted by molar-refractivity contribution is -0.137. The number of nitrogens with zero attached hydrogens (tertiary/aromatic N) is 3. The average molecular weight is 209 g/mol. The molecule has 0 unspecified atom stereocenters. The molecule has 1 heterocycles. The normalized spacial score (nSPS) is 15.5. The molecule has 0 aromatic carbocycles. The van der Waals surface area contributed by atoms with Gasteiger partial charge in [0, 0.05) is 19.2 Å². The van der Waals surface area contributed by atoms with E-state index in [9.17, 15) is 4.79 Å². The minimum Gasteiger partial charge on any atom is -0.481 e. The van der Waals surface area contributed by atoms with Crippen LogP contribution in [0.2, 0.25) is 0 Å². The van der Waals surface area contributed by atoms with E-state index >= 15 is 0 Å². The number of hydrogen-bond donors (Lipinski definition) is 1. The number of rotatable bonds is 6. The van der Waals surface area contributed by atoms with Crippen molar-refractivity contribution in [1.82, 2.24) is 15.0 Å². The standard InChI is InChI=1S/C10H15N3O2/c14-10(15)3-1-2-9-7-13(12-11-9)6-8-4-5-8/h7-8H,1-6H2,(H,14,15). The Morgan fingerprint density at radius 3 is 3.07 bits per heavy atom. The summed E-state index contributed by atoms with van der Waals surface area (Å²) in [6, 6.07) is 0. The quantitative estimate of drug-likeness (QED) is 0.761. The second kappa shape index (κ2) is 4.42. The molecular weight excluding hydrogens is 194 g/mol. The summed E-state index contributed by atoms with van der Waals surface area (Å²) in [7, 11) is 0. The van der Waals surface area contributed by atoms with Crippen LogP contribution >= 0.6 is 0 Å². The summed E-state index contributed by atoms with van der Waals surface area (Å²) in [5, 5.41) is 16.5. The van der Waals surface area contributed by atoms with Crippen molar-refractivity contribution in [2.75, 3.05) is 0 Å². The summed E-state index contributed by atoms with van der Waals surface area (Å²) in [5.41, 5.74) is 0.900. The zero-order chi connectivity index (χ0) is 10.7. The fourth-order valence-electron chi connectivity index (χ4n) is 1.53. The van der Waals surface area contributed by atoms with Crippen molar-refractivity contribution < 1.29 is 9.90 Å². The van der Waals surface area contributed by atoms with Crippen LogP contribution in [0.5, 0.6) is 0 Å². The summed E-state index contributed by atoms with van der Waals surface area (Å²) >= 11 is 0. The number of carbonyl (C=O) groups is 1. The summed E-state index contributed by atoms with van der Waals surface area (Å²) in [5.74, 6) is 0.0407. The fraction of sp³-hybridized carbons (Fsp3) is 0.700. The van der Waals surface area contributed by atoms with Crippen LogP contribution in [0.1, 0.15) is 31.4 Å². The Morgan fingerprint density at radius 1 is 1.60 bits per heavy atom. The molecule has 1 aliphatic carbocycles. The smallest absolute Gasteiger partial charge is 0.303 e. The van der Waals surface area contributed by atoms with Crippen LogP contribution in [-0.2, 0) is 17.8 Å². The monoisotopic (exact) mass is 209 g/mol. The molecule has 0 amide bonds. The molecule has 1 aromatic heterocycles. The van der Waals surface area contributed by atoms with Crippen LogP contribution in [0.4, 0.5) is 0 Å². The first kappa shape index (κ1) is 10.1. The van der Waals surface area contributed by atoms with Crippen LogP contribution in [0.3, 0.4) is 0 Å². The number of carboxylic acid groups (broad SMARTS) is 1. The predicted octanol–water partition coefficient (Wildman–Crippen LogP) is 1.10. The Kier molecular flexibility index (Phi) is 2.99. The van der Waals surface area contributed by atoms with Crippen molar-refractivity contribution >= 4 is 5.97 Å². The molecule has 82 valence electrons. The van der Waals surface area contributed by atoms with Gasteiger partial charge in [0.1, 0.15) is 0 Å². The third kappa shape index (κ3) is 3.34. The van der Waals surface area contributed by atoms with E-state index in [0.717, 1.165) is 18.2 Å². The summed E-state index contributed by atoms with van der Waals surface area (Å²) in [4.78, 5) is 10.3. The number of aryl methyl sites for hydroxylation is 1. The van der Waals surface area contributed by atoms with Gasteiger partial charge < -0.3 is 5.11 Å². The topological polar surface area (TPSA) is 68.0 Å². The van der Waals surface area contributed by atoms with E-state index in [1.165, 1.54) is 12.8 Å². The maximum Gasteiger partial charge on any atom is 0.303 e. The van der Waals surface area contributed by atoms with Gasteiger partial charge in [-0.15, -0.1) is 5.10 Å². The first-order valence-electron chi connectivity index (χ1n) is 5.35. The zero-order valence-corrected chi connectivity index (χ0v) is 8.59. The highest BCUT2D eigenvalue weighted by Crippen LogP contribution is 2.30. The van der Waals surface area contributed by atoms with Crippen molar-refractivity contribution in [1.29, 1.82) is 0 Å². The van der Waals surface area contributed by atoms with Crippen LogP contribution < -0.4 is 0 Å². The number of carboxylic acids is 1.